The molecule has 0 unspecified atom stereocenters. The van der Waals surface area contributed by atoms with Gasteiger partial charge in [0.2, 0.25) is 10.0 Å². The fraction of sp³-hybridized carbons (Fsp3) is 0.458. The maximum Gasteiger partial charge on any atom is 0.253 e. The van der Waals surface area contributed by atoms with Crippen LogP contribution in [0.25, 0.3) is 0 Å². The highest BCUT2D eigenvalue weighted by molar-refractivity contribution is 7.89. The Kier molecular flexibility index (Phi) is 6.74. The fourth-order valence-corrected chi connectivity index (χ4v) is 5.84. The number of aliphatic imine (C=N–C) groups is 1. The summed E-state index contributed by atoms with van der Waals surface area (Å²) in [6.45, 7) is 4.15. The van der Waals surface area contributed by atoms with Gasteiger partial charge in [0.25, 0.3) is 11.8 Å². The highest BCUT2D eigenvalue weighted by Crippen LogP contribution is 2.32. The van der Waals surface area contributed by atoms with Gasteiger partial charge < -0.3 is 10.2 Å². The Balaban J connectivity index is 1.39. The van der Waals surface area contributed by atoms with Crippen molar-refractivity contribution in [2.24, 2.45) is 4.99 Å². The number of hydrogen-bond donors (Lipinski definition) is 1. The van der Waals surface area contributed by atoms with Crippen molar-refractivity contribution >= 4 is 27.7 Å². The molecule has 1 aromatic carbocycles. The largest absolute Gasteiger partial charge is 0.345 e. The number of aromatic nitrogens is 2. The number of benzene rings is 1. The van der Waals surface area contributed by atoms with Crippen LogP contribution in [-0.4, -0.2) is 83.7 Å². The summed E-state index contributed by atoms with van der Waals surface area (Å²) in [6, 6.07) is 5.34. The molecule has 2 amide bonds. The average Bonchev–Trinajstić information content (AvgIpc) is 3.13. The third-order valence-corrected chi connectivity index (χ3v) is 8.44. The standard InChI is InChI=1S/C24H30N6O4S/c1-16-13-19(22(31)29(3)4)6-5-18(16)7-12-35(33,34)30-10-8-24(9-11-30)23(32)27-21(28-24)20-15-25-17(2)14-26-20/h5-6,13-15H,7-12H2,1-4H3,(H,27,28,32). The first-order valence-electron chi connectivity index (χ1n) is 11.5. The van der Waals surface area contributed by atoms with Crippen LogP contribution in [-0.2, 0) is 21.2 Å². The molecule has 4 rings (SSSR count). The molecule has 35 heavy (non-hydrogen) atoms. The summed E-state index contributed by atoms with van der Waals surface area (Å²) < 4.78 is 27.5. The number of hydrogen-bond acceptors (Lipinski definition) is 7. The number of rotatable bonds is 6. The molecule has 10 nitrogen and oxygen atoms in total. The summed E-state index contributed by atoms with van der Waals surface area (Å²) in [6.07, 6.45) is 4.14. The van der Waals surface area contributed by atoms with E-state index in [1.165, 1.54) is 9.21 Å². The van der Waals surface area contributed by atoms with Crippen molar-refractivity contribution in [1.29, 1.82) is 0 Å². The molecule has 0 aliphatic carbocycles. The van der Waals surface area contributed by atoms with Gasteiger partial charge in [-0.25, -0.2) is 22.7 Å². The lowest BCUT2D eigenvalue weighted by Gasteiger charge is -2.34. The Labute approximate surface area is 205 Å². The van der Waals surface area contributed by atoms with Crippen molar-refractivity contribution < 1.29 is 18.0 Å². The zero-order valence-corrected chi connectivity index (χ0v) is 21.2. The number of amidine groups is 1. The van der Waals surface area contributed by atoms with Crippen LogP contribution in [0.5, 0.6) is 0 Å². The molecule has 0 bridgehead atoms. The van der Waals surface area contributed by atoms with Crippen LogP contribution < -0.4 is 5.32 Å². The van der Waals surface area contributed by atoms with Gasteiger partial charge in [-0.2, -0.15) is 0 Å². The maximum absolute atomic E-state index is 13.0. The Bertz CT molecular complexity index is 1280. The van der Waals surface area contributed by atoms with Crippen molar-refractivity contribution in [3.8, 4) is 0 Å². The second-order valence-electron chi connectivity index (χ2n) is 9.30. The molecule has 3 heterocycles. The van der Waals surface area contributed by atoms with Gasteiger partial charge in [0, 0.05) is 38.9 Å². The molecule has 1 spiro atoms. The highest BCUT2D eigenvalue weighted by atomic mass is 32.2. The van der Waals surface area contributed by atoms with Crippen LogP contribution in [0.1, 0.15) is 45.7 Å². The highest BCUT2D eigenvalue weighted by Gasteiger charge is 2.47. The van der Waals surface area contributed by atoms with E-state index in [2.05, 4.69) is 20.3 Å². The predicted molar refractivity (Wildman–Crippen MR) is 132 cm³/mol. The Morgan fingerprint density at radius 2 is 1.86 bits per heavy atom. The van der Waals surface area contributed by atoms with Gasteiger partial charge >= 0.3 is 0 Å². The quantitative estimate of drug-likeness (QED) is 0.635. The first-order valence-corrected chi connectivity index (χ1v) is 13.1. The molecule has 1 aromatic heterocycles. The third kappa shape index (κ3) is 5.10. The number of amides is 2. The van der Waals surface area contributed by atoms with E-state index in [0.29, 0.717) is 36.4 Å². The summed E-state index contributed by atoms with van der Waals surface area (Å²) in [5.41, 5.74) is 2.63. The molecule has 2 aromatic rings. The Hall–Kier alpha value is -3.18. The second-order valence-corrected chi connectivity index (χ2v) is 11.4. The smallest absolute Gasteiger partial charge is 0.253 e. The molecule has 1 saturated heterocycles. The molecule has 0 radical (unpaired) electrons. The molecular weight excluding hydrogens is 468 g/mol. The Morgan fingerprint density at radius 3 is 2.46 bits per heavy atom. The lowest BCUT2D eigenvalue weighted by Crippen LogP contribution is -2.50. The lowest BCUT2D eigenvalue weighted by atomic mass is 9.89. The van der Waals surface area contributed by atoms with Crippen molar-refractivity contribution in [2.75, 3.05) is 32.9 Å². The molecule has 2 aliphatic heterocycles. The first-order chi connectivity index (χ1) is 16.5. The molecule has 0 atom stereocenters. The molecule has 186 valence electrons. The maximum atomic E-state index is 13.0. The number of aryl methyl sites for hydroxylation is 3. The fourth-order valence-electron chi connectivity index (χ4n) is 4.36. The van der Waals surface area contributed by atoms with Crippen molar-refractivity contribution in [3.63, 3.8) is 0 Å². The van der Waals surface area contributed by atoms with E-state index in [0.717, 1.165) is 16.8 Å². The number of carbonyl (C=O) groups excluding carboxylic acids is 2. The SMILES string of the molecule is Cc1cnc(C2=NC3(CCN(S(=O)(=O)CCc4ccc(C(=O)N(C)C)cc4C)CC3)C(=O)N2)cn1. The normalized spacial score (nSPS) is 17.8. The van der Waals surface area contributed by atoms with E-state index in [4.69, 9.17) is 0 Å². The number of carbonyl (C=O) groups is 2. The van der Waals surface area contributed by atoms with Crippen LogP contribution in [0.2, 0.25) is 0 Å². The van der Waals surface area contributed by atoms with Crippen LogP contribution in [0.4, 0.5) is 0 Å². The summed E-state index contributed by atoms with van der Waals surface area (Å²) in [5.74, 6) is 0.0210. The molecular formula is C24H30N6O4S. The van der Waals surface area contributed by atoms with E-state index in [9.17, 15) is 18.0 Å². The monoisotopic (exact) mass is 498 g/mol. The Morgan fingerprint density at radius 1 is 1.14 bits per heavy atom. The molecule has 0 saturated carbocycles. The third-order valence-electron chi connectivity index (χ3n) is 6.57. The topological polar surface area (TPSA) is 125 Å². The van der Waals surface area contributed by atoms with Crippen molar-refractivity contribution in [1.82, 2.24) is 24.5 Å². The summed E-state index contributed by atoms with van der Waals surface area (Å²) in [7, 11) is -0.130. The second kappa shape index (κ2) is 9.46. The lowest BCUT2D eigenvalue weighted by molar-refractivity contribution is -0.124. The van der Waals surface area contributed by atoms with Gasteiger partial charge in [0.05, 0.1) is 17.6 Å². The van der Waals surface area contributed by atoms with Crippen molar-refractivity contribution in [3.05, 3.63) is 58.7 Å². The van der Waals surface area contributed by atoms with Gasteiger partial charge in [-0.1, -0.05) is 6.07 Å². The van der Waals surface area contributed by atoms with Gasteiger partial charge in [-0.3, -0.25) is 14.6 Å². The van der Waals surface area contributed by atoms with Crippen LogP contribution in [0.15, 0.2) is 35.6 Å². The molecule has 2 aliphatic rings. The van der Waals surface area contributed by atoms with Crippen LogP contribution in [0, 0.1) is 13.8 Å². The number of sulfonamides is 1. The average molecular weight is 499 g/mol. The molecule has 1 fully saturated rings. The summed E-state index contributed by atoms with van der Waals surface area (Å²) in [5, 5.41) is 2.79. The first kappa shape index (κ1) is 24.9. The minimum atomic E-state index is -3.52. The zero-order valence-electron chi connectivity index (χ0n) is 20.4. The predicted octanol–water partition coefficient (Wildman–Crippen LogP) is 1.08. The number of nitrogens with one attached hydrogen (secondary N) is 1. The van der Waals surface area contributed by atoms with Gasteiger partial charge in [-0.15, -0.1) is 0 Å². The van der Waals surface area contributed by atoms with Gasteiger partial charge in [-0.05, 0) is 56.4 Å². The van der Waals surface area contributed by atoms with E-state index < -0.39 is 15.6 Å². The van der Waals surface area contributed by atoms with E-state index in [1.54, 1.807) is 38.6 Å². The molecule has 1 N–H and O–H groups in total. The van der Waals surface area contributed by atoms with Gasteiger partial charge in [0.15, 0.2) is 5.84 Å². The van der Waals surface area contributed by atoms with E-state index in [1.807, 2.05) is 19.9 Å². The van der Waals surface area contributed by atoms with Crippen LogP contribution >= 0.6 is 0 Å². The van der Waals surface area contributed by atoms with Crippen molar-refractivity contribution in [2.45, 2.75) is 38.6 Å². The summed E-state index contributed by atoms with van der Waals surface area (Å²) in [4.78, 5) is 39.5. The minimum absolute atomic E-state index is 0.0402. The van der Waals surface area contributed by atoms with E-state index >= 15 is 0 Å². The number of nitrogens with zero attached hydrogens (tertiary/aromatic N) is 5. The van der Waals surface area contributed by atoms with E-state index in [-0.39, 0.29) is 30.7 Å². The van der Waals surface area contributed by atoms with Gasteiger partial charge in [0.1, 0.15) is 11.2 Å². The summed E-state index contributed by atoms with van der Waals surface area (Å²) >= 11 is 0. The van der Waals surface area contributed by atoms with Crippen LogP contribution in [0.3, 0.4) is 0 Å². The minimum Gasteiger partial charge on any atom is -0.345 e. The zero-order chi connectivity index (χ0) is 25.4. The molecule has 11 heteroatoms. The number of piperidine rings is 1.